The van der Waals surface area contributed by atoms with Crippen molar-refractivity contribution in [1.29, 1.82) is 0 Å². The maximum absolute atomic E-state index is 14.8. The van der Waals surface area contributed by atoms with E-state index in [0.29, 0.717) is 23.1 Å². The Morgan fingerprint density at radius 3 is 2.78 bits per heavy atom. The van der Waals surface area contributed by atoms with E-state index in [4.69, 9.17) is 0 Å². The maximum atomic E-state index is 14.8. The predicted molar refractivity (Wildman–Crippen MR) is 103 cm³/mol. The van der Waals surface area contributed by atoms with Crippen LogP contribution in [0.4, 0.5) is 10.2 Å². The number of rotatable bonds is 3. The third kappa shape index (κ3) is 3.35. The summed E-state index contributed by atoms with van der Waals surface area (Å²) in [6.07, 6.45) is 1.81. The van der Waals surface area contributed by atoms with Crippen LogP contribution in [0.5, 0.6) is 5.75 Å². The molecule has 140 valence electrons. The predicted octanol–water partition coefficient (Wildman–Crippen LogP) is 2.89. The van der Waals surface area contributed by atoms with Gasteiger partial charge in [0.2, 0.25) is 0 Å². The lowest BCUT2D eigenvalue weighted by molar-refractivity contribution is 0.176. The van der Waals surface area contributed by atoms with Gasteiger partial charge in [0, 0.05) is 30.3 Å². The van der Waals surface area contributed by atoms with E-state index in [1.807, 2.05) is 30.1 Å². The Balaban J connectivity index is 1.54. The Morgan fingerprint density at radius 2 is 2.07 bits per heavy atom. The van der Waals surface area contributed by atoms with Crippen LogP contribution in [0.25, 0.3) is 11.3 Å². The number of alkyl halides is 1. The molecule has 4 atom stereocenters. The number of halogens is 1. The van der Waals surface area contributed by atoms with Crippen LogP contribution in [0.3, 0.4) is 0 Å². The van der Waals surface area contributed by atoms with Crippen molar-refractivity contribution in [2.24, 2.45) is 0 Å². The first kappa shape index (κ1) is 17.7. The minimum atomic E-state index is -0.911. The van der Waals surface area contributed by atoms with Crippen molar-refractivity contribution < 1.29 is 9.50 Å². The third-order valence-electron chi connectivity index (χ3n) is 5.61. The summed E-state index contributed by atoms with van der Waals surface area (Å²) in [6.45, 7) is 1.75. The van der Waals surface area contributed by atoms with Crippen molar-refractivity contribution in [3.8, 4) is 28.8 Å². The van der Waals surface area contributed by atoms with Gasteiger partial charge in [0.1, 0.15) is 11.9 Å². The van der Waals surface area contributed by atoms with Gasteiger partial charge in [-0.25, -0.2) is 4.39 Å². The summed E-state index contributed by atoms with van der Waals surface area (Å²) in [4.78, 5) is 1.90. The molecule has 3 heterocycles. The number of aromatic nitrogens is 2. The van der Waals surface area contributed by atoms with Gasteiger partial charge in [-0.15, -0.1) is 16.1 Å². The van der Waals surface area contributed by atoms with Crippen molar-refractivity contribution in [3.63, 3.8) is 0 Å². The molecule has 4 rings (SSSR count). The molecule has 2 N–H and O–H groups in total. The molecule has 2 saturated heterocycles. The van der Waals surface area contributed by atoms with Crippen LogP contribution >= 0.6 is 0 Å². The van der Waals surface area contributed by atoms with E-state index in [0.717, 1.165) is 24.8 Å². The number of phenols is 1. The smallest absolute Gasteiger partial charge is 0.151 e. The Labute approximate surface area is 158 Å². The van der Waals surface area contributed by atoms with Gasteiger partial charge >= 0.3 is 0 Å². The molecule has 0 unspecified atom stereocenters. The van der Waals surface area contributed by atoms with Gasteiger partial charge in [0.25, 0.3) is 0 Å². The van der Waals surface area contributed by atoms with Crippen LogP contribution in [0.1, 0.15) is 31.7 Å². The molecule has 1 aromatic carbocycles. The van der Waals surface area contributed by atoms with Crippen molar-refractivity contribution in [1.82, 2.24) is 15.5 Å². The van der Waals surface area contributed by atoms with E-state index in [1.54, 1.807) is 19.1 Å². The van der Waals surface area contributed by atoms with Crippen LogP contribution in [-0.4, -0.2) is 46.6 Å². The normalized spacial score (nSPS) is 26.3. The largest absolute Gasteiger partial charge is 0.507 e. The highest BCUT2D eigenvalue weighted by atomic mass is 19.1. The number of benzene rings is 1. The molecule has 0 radical (unpaired) electrons. The van der Waals surface area contributed by atoms with Crippen molar-refractivity contribution in [2.45, 2.75) is 50.5 Å². The standard InChI is InChI=1S/C21H23FN4O/c1-3-4-13-5-7-15(19(27)11-13)16-9-10-20(25-24-16)26(2)18-12-14-6-8-17(23-14)21(18)22/h5,7,9-11,14,17-18,21,23,27H,6,8,12H2,1-2H3/t14-,17+,18-,21+/m0/s1. The monoisotopic (exact) mass is 366 g/mol. The maximum Gasteiger partial charge on any atom is 0.151 e. The first-order valence-electron chi connectivity index (χ1n) is 9.29. The molecule has 2 aliphatic rings. The van der Waals surface area contributed by atoms with Crippen LogP contribution in [0, 0.1) is 11.8 Å². The molecule has 0 aliphatic carbocycles. The number of nitrogens with one attached hydrogen (secondary N) is 1. The molecule has 2 bridgehead atoms. The molecule has 27 heavy (non-hydrogen) atoms. The van der Waals surface area contributed by atoms with Gasteiger partial charge < -0.3 is 15.3 Å². The Bertz CT molecular complexity index is 889. The van der Waals surface area contributed by atoms with Gasteiger partial charge in [0.15, 0.2) is 5.82 Å². The van der Waals surface area contributed by atoms with E-state index in [2.05, 4.69) is 27.4 Å². The first-order valence-corrected chi connectivity index (χ1v) is 9.29. The number of aromatic hydroxyl groups is 1. The van der Waals surface area contributed by atoms with Gasteiger partial charge in [0.05, 0.1) is 11.7 Å². The highest BCUT2D eigenvalue weighted by molar-refractivity contribution is 5.68. The fourth-order valence-corrected chi connectivity index (χ4v) is 4.15. The lowest BCUT2D eigenvalue weighted by Gasteiger charge is -2.38. The van der Waals surface area contributed by atoms with Gasteiger partial charge in [-0.05, 0) is 56.5 Å². The molecule has 0 saturated carbocycles. The van der Waals surface area contributed by atoms with E-state index in [-0.39, 0.29) is 17.8 Å². The average molecular weight is 366 g/mol. The highest BCUT2D eigenvalue weighted by Crippen LogP contribution is 2.34. The summed E-state index contributed by atoms with van der Waals surface area (Å²) in [5.41, 5.74) is 1.92. The average Bonchev–Trinajstić information content (AvgIpc) is 3.08. The van der Waals surface area contributed by atoms with Gasteiger partial charge in [-0.1, -0.05) is 5.92 Å². The number of piperidine rings is 1. The van der Waals surface area contributed by atoms with E-state index in [9.17, 15) is 9.50 Å². The first-order chi connectivity index (χ1) is 13.1. The fraction of sp³-hybridized carbons (Fsp3) is 0.429. The molecule has 2 aliphatic heterocycles. The van der Waals surface area contributed by atoms with Crippen LogP contribution in [0.15, 0.2) is 30.3 Å². The molecule has 5 nitrogen and oxygen atoms in total. The molecule has 0 spiro atoms. The number of hydrogen-bond acceptors (Lipinski definition) is 5. The SMILES string of the molecule is CC#Cc1ccc(-c2ccc(N(C)[C@H]3C[C@@H]4CC[C@@H](N4)[C@H]3F)nn2)c(O)c1. The molecular formula is C21H23FN4O. The summed E-state index contributed by atoms with van der Waals surface area (Å²) in [5.74, 6) is 6.47. The minimum Gasteiger partial charge on any atom is -0.507 e. The summed E-state index contributed by atoms with van der Waals surface area (Å²) in [5, 5.41) is 22.1. The summed E-state index contributed by atoms with van der Waals surface area (Å²) < 4.78 is 14.8. The van der Waals surface area contributed by atoms with Crippen molar-refractivity contribution in [3.05, 3.63) is 35.9 Å². The minimum absolute atomic E-state index is 0.0508. The third-order valence-corrected chi connectivity index (χ3v) is 5.61. The Kier molecular flexibility index (Phi) is 4.71. The van der Waals surface area contributed by atoms with Crippen molar-refractivity contribution in [2.75, 3.05) is 11.9 Å². The van der Waals surface area contributed by atoms with E-state index < -0.39 is 6.17 Å². The molecule has 6 heteroatoms. The lowest BCUT2D eigenvalue weighted by Crippen LogP contribution is -2.55. The zero-order valence-electron chi connectivity index (χ0n) is 15.5. The van der Waals surface area contributed by atoms with Gasteiger partial charge in [-0.3, -0.25) is 0 Å². The molecular weight excluding hydrogens is 343 g/mol. The van der Waals surface area contributed by atoms with Crippen LogP contribution in [-0.2, 0) is 0 Å². The lowest BCUT2D eigenvalue weighted by atomic mass is 9.96. The second kappa shape index (κ2) is 7.16. The fourth-order valence-electron chi connectivity index (χ4n) is 4.15. The summed E-state index contributed by atoms with van der Waals surface area (Å²) >= 11 is 0. The Hall–Kier alpha value is -2.65. The van der Waals surface area contributed by atoms with E-state index >= 15 is 0 Å². The Morgan fingerprint density at radius 1 is 1.22 bits per heavy atom. The molecule has 1 aromatic heterocycles. The zero-order valence-corrected chi connectivity index (χ0v) is 15.5. The molecule has 2 aromatic rings. The summed E-state index contributed by atoms with van der Waals surface area (Å²) in [6, 6.07) is 9.03. The number of anilines is 1. The van der Waals surface area contributed by atoms with Gasteiger partial charge in [-0.2, -0.15) is 0 Å². The number of phenolic OH excluding ortho intramolecular Hbond substituents is 1. The number of fused-ring (bicyclic) bond motifs is 2. The number of hydrogen-bond donors (Lipinski definition) is 2. The van der Waals surface area contributed by atoms with E-state index in [1.165, 1.54) is 0 Å². The van der Waals surface area contributed by atoms with Crippen LogP contribution in [0.2, 0.25) is 0 Å². The molecule has 0 amide bonds. The topological polar surface area (TPSA) is 61.3 Å². The highest BCUT2D eigenvalue weighted by Gasteiger charge is 2.43. The zero-order chi connectivity index (χ0) is 19.0. The quantitative estimate of drug-likeness (QED) is 0.818. The van der Waals surface area contributed by atoms with Crippen LogP contribution < -0.4 is 10.2 Å². The second-order valence-electron chi connectivity index (χ2n) is 7.29. The second-order valence-corrected chi connectivity index (χ2v) is 7.29. The molecule has 2 fully saturated rings. The summed E-state index contributed by atoms with van der Waals surface area (Å²) in [7, 11) is 1.88. The number of nitrogens with zero attached hydrogens (tertiary/aromatic N) is 3. The van der Waals surface area contributed by atoms with Crippen molar-refractivity contribution >= 4 is 5.82 Å².